The number of aromatic nitrogens is 2. The zero-order valence-electron chi connectivity index (χ0n) is 15.8. The fraction of sp³-hybridized carbons (Fsp3) is 0.0435. The molecule has 0 unspecified atom stereocenters. The van der Waals surface area contributed by atoms with Crippen molar-refractivity contribution in [1.29, 1.82) is 0 Å². The molecule has 0 aliphatic rings. The first-order chi connectivity index (χ1) is 14.6. The molecule has 0 saturated carbocycles. The summed E-state index contributed by atoms with van der Waals surface area (Å²) in [6.45, 7) is 0. The van der Waals surface area contributed by atoms with E-state index < -0.39 is 11.3 Å². The highest BCUT2D eigenvalue weighted by Gasteiger charge is 2.15. The van der Waals surface area contributed by atoms with E-state index in [-0.39, 0.29) is 11.8 Å². The van der Waals surface area contributed by atoms with Crippen molar-refractivity contribution in [2.24, 2.45) is 0 Å². The molecule has 0 saturated heterocycles. The van der Waals surface area contributed by atoms with Crippen molar-refractivity contribution in [3.05, 3.63) is 87.6 Å². The van der Waals surface area contributed by atoms with Gasteiger partial charge in [0.2, 0.25) is 11.8 Å². The molecule has 7 nitrogen and oxygen atoms in total. The Morgan fingerprint density at radius 3 is 1.63 bits per heavy atom. The summed E-state index contributed by atoms with van der Waals surface area (Å²) in [5, 5.41) is 0.790. The Morgan fingerprint density at radius 1 is 0.700 bits per heavy atom. The number of hydrogen-bond acceptors (Lipinski definition) is 7. The van der Waals surface area contributed by atoms with E-state index in [0.717, 1.165) is 0 Å². The zero-order chi connectivity index (χ0) is 20.7. The van der Waals surface area contributed by atoms with Crippen molar-refractivity contribution in [2.75, 3.05) is 7.11 Å². The van der Waals surface area contributed by atoms with Gasteiger partial charge in [-0.15, -0.1) is 0 Å². The van der Waals surface area contributed by atoms with Crippen molar-refractivity contribution in [3.63, 3.8) is 0 Å². The van der Waals surface area contributed by atoms with Gasteiger partial charge in [0, 0.05) is 11.1 Å². The summed E-state index contributed by atoms with van der Waals surface area (Å²) >= 11 is 0. The SMILES string of the molecule is COc1cc(-c2nc3ccccc3c(=O)o2)cc(-c2nc3ccccc3c(=O)o2)c1. The smallest absolute Gasteiger partial charge is 0.347 e. The molecule has 5 aromatic rings. The maximum absolute atomic E-state index is 12.4. The zero-order valence-corrected chi connectivity index (χ0v) is 15.8. The van der Waals surface area contributed by atoms with Crippen LogP contribution < -0.4 is 16.0 Å². The van der Waals surface area contributed by atoms with E-state index in [1.165, 1.54) is 7.11 Å². The topological polar surface area (TPSA) is 95.4 Å². The number of ether oxygens (including phenoxy) is 1. The van der Waals surface area contributed by atoms with Crippen molar-refractivity contribution in [2.45, 2.75) is 0 Å². The van der Waals surface area contributed by atoms with E-state index in [2.05, 4.69) is 9.97 Å². The van der Waals surface area contributed by atoms with Crippen LogP contribution in [0.1, 0.15) is 0 Å². The molecule has 3 aromatic carbocycles. The Hall–Kier alpha value is -4.26. The molecular weight excluding hydrogens is 384 g/mol. The van der Waals surface area contributed by atoms with Crippen LogP contribution in [0.25, 0.3) is 44.7 Å². The normalized spacial score (nSPS) is 11.1. The number of methoxy groups -OCH3 is 1. The molecule has 7 heteroatoms. The molecule has 2 aromatic heterocycles. The molecule has 0 aliphatic carbocycles. The highest BCUT2D eigenvalue weighted by Crippen LogP contribution is 2.30. The molecule has 0 aliphatic heterocycles. The number of hydrogen-bond donors (Lipinski definition) is 0. The summed E-state index contributed by atoms with van der Waals surface area (Å²) in [4.78, 5) is 33.6. The third-order valence-corrected chi connectivity index (χ3v) is 4.71. The highest BCUT2D eigenvalue weighted by atomic mass is 16.5. The first-order valence-corrected chi connectivity index (χ1v) is 9.12. The predicted octanol–water partition coefficient (Wildman–Crippen LogP) is 4.03. The summed E-state index contributed by atoms with van der Waals surface area (Å²) in [5.74, 6) is 0.724. The molecule has 0 amide bonds. The Labute approximate surface area is 169 Å². The molecular formula is C23H14N2O5. The Balaban J connectivity index is 1.72. The minimum Gasteiger partial charge on any atom is -0.497 e. The van der Waals surface area contributed by atoms with Crippen LogP contribution in [0.2, 0.25) is 0 Å². The largest absolute Gasteiger partial charge is 0.497 e. The van der Waals surface area contributed by atoms with E-state index in [9.17, 15) is 9.59 Å². The highest BCUT2D eigenvalue weighted by molar-refractivity contribution is 5.80. The predicted molar refractivity (Wildman–Crippen MR) is 112 cm³/mol. The first kappa shape index (κ1) is 17.8. The van der Waals surface area contributed by atoms with E-state index in [4.69, 9.17) is 13.6 Å². The van der Waals surface area contributed by atoms with E-state index in [0.29, 0.717) is 38.7 Å². The van der Waals surface area contributed by atoms with Crippen LogP contribution in [0, 0.1) is 0 Å². The maximum Gasteiger partial charge on any atom is 0.347 e. The number of para-hydroxylation sites is 2. The molecule has 0 spiro atoms. The lowest BCUT2D eigenvalue weighted by Crippen LogP contribution is -2.04. The van der Waals surface area contributed by atoms with E-state index in [1.54, 1.807) is 66.7 Å². The molecule has 2 heterocycles. The average molecular weight is 398 g/mol. The minimum absolute atomic E-state index is 0.127. The lowest BCUT2D eigenvalue weighted by molar-refractivity contribution is 0.414. The standard InChI is InChI=1S/C23H14N2O5/c1-28-15-11-13(20-24-18-8-4-2-6-16(18)22(26)29-20)10-14(12-15)21-25-19-9-5-3-7-17(19)23(27)30-21/h2-12H,1H3. The van der Waals surface area contributed by atoms with Crippen LogP contribution in [-0.2, 0) is 0 Å². The van der Waals surface area contributed by atoms with Gasteiger partial charge in [-0.25, -0.2) is 19.6 Å². The minimum atomic E-state index is -0.490. The Kier molecular flexibility index (Phi) is 4.14. The van der Waals surface area contributed by atoms with E-state index in [1.807, 2.05) is 0 Å². The van der Waals surface area contributed by atoms with E-state index >= 15 is 0 Å². The van der Waals surface area contributed by atoms with Crippen molar-refractivity contribution < 1.29 is 13.6 Å². The van der Waals surface area contributed by atoms with Gasteiger partial charge in [0.15, 0.2) is 0 Å². The third kappa shape index (κ3) is 3.02. The Morgan fingerprint density at radius 2 is 1.17 bits per heavy atom. The summed E-state index contributed by atoms with van der Waals surface area (Å²) in [6, 6.07) is 18.9. The van der Waals surface area contributed by atoms with Gasteiger partial charge >= 0.3 is 11.3 Å². The summed E-state index contributed by atoms with van der Waals surface area (Å²) in [5.41, 5.74) is 1.03. The third-order valence-electron chi connectivity index (χ3n) is 4.71. The van der Waals surface area contributed by atoms with Crippen molar-refractivity contribution in [1.82, 2.24) is 9.97 Å². The second-order valence-electron chi connectivity index (χ2n) is 6.60. The summed E-state index contributed by atoms with van der Waals surface area (Å²) < 4.78 is 16.2. The molecule has 30 heavy (non-hydrogen) atoms. The number of nitrogens with zero attached hydrogens (tertiary/aromatic N) is 2. The number of fused-ring (bicyclic) bond motifs is 2. The molecule has 5 rings (SSSR count). The molecule has 0 fully saturated rings. The molecule has 0 atom stereocenters. The maximum atomic E-state index is 12.4. The average Bonchev–Trinajstić information content (AvgIpc) is 2.78. The van der Waals surface area contributed by atoms with Gasteiger partial charge in [-0.2, -0.15) is 0 Å². The molecule has 146 valence electrons. The van der Waals surface area contributed by atoms with Crippen LogP contribution in [0.3, 0.4) is 0 Å². The van der Waals surface area contributed by atoms with Gasteiger partial charge in [0.05, 0.1) is 28.9 Å². The lowest BCUT2D eigenvalue weighted by Gasteiger charge is -2.08. The first-order valence-electron chi connectivity index (χ1n) is 9.12. The van der Waals surface area contributed by atoms with Crippen LogP contribution in [-0.4, -0.2) is 17.1 Å². The van der Waals surface area contributed by atoms with Gasteiger partial charge in [0.1, 0.15) is 5.75 Å². The van der Waals surface area contributed by atoms with Gasteiger partial charge < -0.3 is 13.6 Å². The summed E-state index contributed by atoms with van der Waals surface area (Å²) in [7, 11) is 1.51. The van der Waals surface area contributed by atoms with Gasteiger partial charge in [-0.05, 0) is 42.5 Å². The van der Waals surface area contributed by atoms with Crippen molar-refractivity contribution in [3.8, 4) is 28.7 Å². The van der Waals surface area contributed by atoms with Crippen LogP contribution in [0.15, 0.2) is 85.2 Å². The fourth-order valence-corrected chi connectivity index (χ4v) is 3.25. The fourth-order valence-electron chi connectivity index (χ4n) is 3.25. The van der Waals surface area contributed by atoms with Gasteiger partial charge in [-0.3, -0.25) is 0 Å². The molecule has 0 bridgehead atoms. The number of benzene rings is 3. The van der Waals surface area contributed by atoms with Gasteiger partial charge in [-0.1, -0.05) is 24.3 Å². The quantitative estimate of drug-likeness (QED) is 0.453. The summed E-state index contributed by atoms with van der Waals surface area (Å²) in [6.07, 6.45) is 0. The monoisotopic (exact) mass is 398 g/mol. The second-order valence-corrected chi connectivity index (χ2v) is 6.60. The number of rotatable bonds is 3. The van der Waals surface area contributed by atoms with Crippen molar-refractivity contribution >= 4 is 21.8 Å². The Bertz CT molecular complexity index is 1420. The van der Waals surface area contributed by atoms with Crippen LogP contribution >= 0.6 is 0 Å². The molecule has 0 N–H and O–H groups in total. The molecule has 0 radical (unpaired) electrons. The lowest BCUT2D eigenvalue weighted by atomic mass is 10.1. The second kappa shape index (κ2) is 6.97. The van der Waals surface area contributed by atoms with Gasteiger partial charge in [0.25, 0.3) is 0 Å². The van der Waals surface area contributed by atoms with Crippen LogP contribution in [0.5, 0.6) is 5.75 Å². The van der Waals surface area contributed by atoms with Crippen LogP contribution in [0.4, 0.5) is 0 Å².